The molecular formula is C14H20N2O. The quantitative estimate of drug-likeness (QED) is 0.841. The topological polar surface area (TPSA) is 55.1 Å². The fraction of sp³-hybridized carbons (Fsp3) is 0.500. The Bertz CT molecular complexity index is 428. The van der Waals surface area contributed by atoms with E-state index in [4.69, 9.17) is 5.73 Å². The minimum Gasteiger partial charge on any atom is -0.382 e. The smallest absolute Gasteiger partial charge is 0.248 e. The minimum atomic E-state index is -0.367. The number of nitrogens with one attached hydrogen (secondary N) is 1. The van der Waals surface area contributed by atoms with Gasteiger partial charge in [0.2, 0.25) is 5.91 Å². The average molecular weight is 232 g/mol. The van der Waals surface area contributed by atoms with Crippen LogP contribution in [0, 0.1) is 12.8 Å². The number of anilines is 1. The fourth-order valence-corrected chi connectivity index (χ4v) is 2.54. The van der Waals surface area contributed by atoms with Crippen LogP contribution in [0.5, 0.6) is 0 Å². The Morgan fingerprint density at radius 3 is 2.71 bits per heavy atom. The van der Waals surface area contributed by atoms with E-state index in [2.05, 4.69) is 12.2 Å². The van der Waals surface area contributed by atoms with Crippen molar-refractivity contribution >= 4 is 11.6 Å². The number of primary amides is 1. The number of carbonyl (C=O) groups is 1. The van der Waals surface area contributed by atoms with E-state index >= 15 is 0 Å². The SMILES string of the molecule is Cc1cc(C(N)=O)ccc1NC1CCCC1C. The summed E-state index contributed by atoms with van der Waals surface area (Å²) in [5.74, 6) is 0.360. The van der Waals surface area contributed by atoms with E-state index in [1.54, 1.807) is 6.07 Å². The molecule has 1 aliphatic rings. The van der Waals surface area contributed by atoms with Crippen molar-refractivity contribution in [2.24, 2.45) is 11.7 Å². The summed E-state index contributed by atoms with van der Waals surface area (Å²) >= 11 is 0. The van der Waals surface area contributed by atoms with Crippen molar-refractivity contribution < 1.29 is 4.79 Å². The van der Waals surface area contributed by atoms with Gasteiger partial charge in [-0.3, -0.25) is 4.79 Å². The Kier molecular flexibility index (Phi) is 3.36. The summed E-state index contributed by atoms with van der Waals surface area (Å²) in [6, 6.07) is 6.16. The maximum Gasteiger partial charge on any atom is 0.248 e. The molecule has 1 fully saturated rings. The minimum absolute atomic E-state index is 0.367. The number of benzene rings is 1. The molecule has 17 heavy (non-hydrogen) atoms. The first kappa shape index (κ1) is 12.0. The summed E-state index contributed by atoms with van der Waals surface area (Å²) in [5.41, 5.74) is 8.04. The van der Waals surface area contributed by atoms with Crippen LogP contribution in [0.3, 0.4) is 0 Å². The molecule has 0 aliphatic heterocycles. The van der Waals surface area contributed by atoms with Crippen LogP contribution >= 0.6 is 0 Å². The molecule has 0 bridgehead atoms. The van der Waals surface area contributed by atoms with Gasteiger partial charge >= 0.3 is 0 Å². The summed E-state index contributed by atoms with van der Waals surface area (Å²) < 4.78 is 0. The Morgan fingerprint density at radius 2 is 2.18 bits per heavy atom. The Balaban J connectivity index is 2.14. The van der Waals surface area contributed by atoms with Gasteiger partial charge in [0, 0.05) is 17.3 Å². The molecule has 0 radical (unpaired) electrons. The molecule has 0 heterocycles. The van der Waals surface area contributed by atoms with Gasteiger partial charge in [-0.1, -0.05) is 13.3 Å². The summed E-state index contributed by atoms with van der Waals surface area (Å²) in [4.78, 5) is 11.1. The second-order valence-corrected chi connectivity index (χ2v) is 5.05. The second-order valence-electron chi connectivity index (χ2n) is 5.05. The lowest BCUT2D eigenvalue weighted by Crippen LogP contribution is -2.22. The molecule has 2 unspecified atom stereocenters. The van der Waals surface area contributed by atoms with Gasteiger partial charge in [-0.15, -0.1) is 0 Å². The Labute approximate surface area is 102 Å². The predicted octanol–water partition coefficient (Wildman–Crippen LogP) is 2.69. The first-order valence-electron chi connectivity index (χ1n) is 6.25. The third kappa shape index (κ3) is 2.60. The van der Waals surface area contributed by atoms with E-state index < -0.39 is 0 Å². The van der Waals surface area contributed by atoms with Crippen LogP contribution in [0.4, 0.5) is 5.69 Å². The van der Waals surface area contributed by atoms with Crippen LogP contribution in [0.1, 0.15) is 42.1 Å². The molecule has 0 aromatic heterocycles. The molecule has 1 aromatic rings. The van der Waals surface area contributed by atoms with Crippen molar-refractivity contribution in [1.82, 2.24) is 0 Å². The van der Waals surface area contributed by atoms with Crippen LogP contribution in [0.2, 0.25) is 0 Å². The zero-order chi connectivity index (χ0) is 12.4. The van der Waals surface area contributed by atoms with Crippen molar-refractivity contribution in [3.05, 3.63) is 29.3 Å². The molecule has 1 saturated carbocycles. The third-order valence-electron chi connectivity index (χ3n) is 3.71. The number of hydrogen-bond acceptors (Lipinski definition) is 2. The maximum atomic E-state index is 11.1. The summed E-state index contributed by atoms with van der Waals surface area (Å²) in [7, 11) is 0. The molecule has 0 saturated heterocycles. The lowest BCUT2D eigenvalue weighted by atomic mass is 10.0. The highest BCUT2D eigenvalue weighted by atomic mass is 16.1. The highest BCUT2D eigenvalue weighted by Crippen LogP contribution is 2.29. The Hall–Kier alpha value is -1.51. The average Bonchev–Trinajstić information content (AvgIpc) is 2.67. The fourth-order valence-electron chi connectivity index (χ4n) is 2.54. The standard InChI is InChI=1S/C14H20N2O/c1-9-4-3-5-12(9)16-13-7-6-11(14(15)17)8-10(13)2/h6-9,12,16H,3-5H2,1-2H3,(H2,15,17). The zero-order valence-electron chi connectivity index (χ0n) is 10.5. The van der Waals surface area contributed by atoms with Crippen molar-refractivity contribution in [2.45, 2.75) is 39.2 Å². The summed E-state index contributed by atoms with van der Waals surface area (Å²) in [6.07, 6.45) is 3.84. The zero-order valence-corrected chi connectivity index (χ0v) is 10.5. The van der Waals surface area contributed by atoms with E-state index in [1.807, 2.05) is 19.1 Å². The van der Waals surface area contributed by atoms with Crippen molar-refractivity contribution in [2.75, 3.05) is 5.32 Å². The normalized spacial score (nSPS) is 23.6. The molecule has 92 valence electrons. The van der Waals surface area contributed by atoms with Gasteiger partial charge in [-0.05, 0) is 49.4 Å². The molecule has 2 rings (SSSR count). The van der Waals surface area contributed by atoms with Gasteiger partial charge in [0.05, 0.1) is 0 Å². The van der Waals surface area contributed by atoms with E-state index in [0.717, 1.165) is 17.2 Å². The summed E-state index contributed by atoms with van der Waals surface area (Å²) in [5, 5.41) is 3.57. The molecule has 0 spiro atoms. The first-order valence-corrected chi connectivity index (χ1v) is 6.25. The van der Waals surface area contributed by atoms with Crippen LogP contribution in [0.25, 0.3) is 0 Å². The third-order valence-corrected chi connectivity index (χ3v) is 3.71. The van der Waals surface area contributed by atoms with E-state index in [1.165, 1.54) is 19.3 Å². The van der Waals surface area contributed by atoms with Gasteiger partial charge in [0.1, 0.15) is 0 Å². The van der Waals surface area contributed by atoms with Gasteiger partial charge in [0.25, 0.3) is 0 Å². The number of amides is 1. The van der Waals surface area contributed by atoms with Crippen molar-refractivity contribution in [3.63, 3.8) is 0 Å². The molecule has 1 aliphatic carbocycles. The molecule has 3 nitrogen and oxygen atoms in total. The monoisotopic (exact) mass is 232 g/mol. The van der Waals surface area contributed by atoms with E-state index in [9.17, 15) is 4.79 Å². The van der Waals surface area contributed by atoms with Gasteiger partial charge in [-0.25, -0.2) is 0 Å². The lowest BCUT2D eigenvalue weighted by molar-refractivity contribution is 0.1000. The van der Waals surface area contributed by atoms with Crippen molar-refractivity contribution in [3.8, 4) is 0 Å². The molecule has 3 heteroatoms. The molecular weight excluding hydrogens is 212 g/mol. The molecule has 2 atom stereocenters. The van der Waals surface area contributed by atoms with E-state index in [-0.39, 0.29) is 5.91 Å². The number of aryl methyl sites for hydroxylation is 1. The lowest BCUT2D eigenvalue weighted by Gasteiger charge is -2.20. The highest BCUT2D eigenvalue weighted by molar-refractivity contribution is 5.93. The molecule has 3 N–H and O–H groups in total. The van der Waals surface area contributed by atoms with Crippen LogP contribution in [-0.4, -0.2) is 11.9 Å². The van der Waals surface area contributed by atoms with Crippen LogP contribution in [0.15, 0.2) is 18.2 Å². The number of nitrogens with two attached hydrogens (primary N) is 1. The van der Waals surface area contributed by atoms with Crippen LogP contribution in [-0.2, 0) is 0 Å². The number of hydrogen-bond donors (Lipinski definition) is 2. The van der Waals surface area contributed by atoms with Gasteiger partial charge in [0.15, 0.2) is 0 Å². The first-order chi connectivity index (χ1) is 8.08. The van der Waals surface area contributed by atoms with Crippen LogP contribution < -0.4 is 11.1 Å². The number of carbonyl (C=O) groups excluding carboxylic acids is 1. The number of rotatable bonds is 3. The van der Waals surface area contributed by atoms with E-state index in [0.29, 0.717) is 11.6 Å². The highest BCUT2D eigenvalue weighted by Gasteiger charge is 2.23. The molecule has 1 aromatic carbocycles. The predicted molar refractivity (Wildman–Crippen MR) is 70.1 cm³/mol. The summed E-state index contributed by atoms with van der Waals surface area (Å²) in [6.45, 7) is 4.30. The van der Waals surface area contributed by atoms with Gasteiger partial charge < -0.3 is 11.1 Å². The Morgan fingerprint density at radius 1 is 1.41 bits per heavy atom. The maximum absolute atomic E-state index is 11.1. The van der Waals surface area contributed by atoms with Crippen molar-refractivity contribution in [1.29, 1.82) is 0 Å². The van der Waals surface area contributed by atoms with Gasteiger partial charge in [-0.2, -0.15) is 0 Å². The second kappa shape index (κ2) is 4.78. The largest absolute Gasteiger partial charge is 0.382 e. The molecule has 1 amide bonds.